The second-order valence-corrected chi connectivity index (χ2v) is 3.87. The lowest BCUT2D eigenvalue weighted by atomic mass is 9.86. The second-order valence-electron chi connectivity index (χ2n) is 3.87. The summed E-state index contributed by atoms with van der Waals surface area (Å²) in [6.07, 6.45) is 6.39. The Balaban J connectivity index is 2.18. The third-order valence-electron chi connectivity index (χ3n) is 2.93. The Bertz CT molecular complexity index is 287. The minimum absolute atomic E-state index is 0.547. The maximum Gasteiger partial charge on any atom is 0.156 e. The fourth-order valence-corrected chi connectivity index (χ4v) is 2.07. The van der Waals surface area contributed by atoms with Gasteiger partial charge in [0.15, 0.2) is 5.76 Å². The first-order valence-electron chi connectivity index (χ1n) is 5.00. The Hall–Kier alpha value is -0.990. The van der Waals surface area contributed by atoms with Gasteiger partial charge in [0.2, 0.25) is 0 Å². The number of rotatable bonds is 1. The molecule has 1 aliphatic rings. The van der Waals surface area contributed by atoms with Crippen LogP contribution in [0.3, 0.4) is 0 Å². The first-order valence-corrected chi connectivity index (χ1v) is 5.00. The van der Waals surface area contributed by atoms with Crippen LogP contribution in [0.25, 0.3) is 0 Å². The third-order valence-corrected chi connectivity index (χ3v) is 2.93. The van der Waals surface area contributed by atoms with Gasteiger partial charge in [0, 0.05) is 5.92 Å². The largest absolute Gasteiger partial charge is 0.394 e. The summed E-state index contributed by atoms with van der Waals surface area (Å²) >= 11 is 0. The number of hydrogen-bond donors (Lipinski definition) is 1. The van der Waals surface area contributed by atoms with Gasteiger partial charge in [-0.1, -0.05) is 24.4 Å². The van der Waals surface area contributed by atoms with Crippen LogP contribution in [0.4, 0.5) is 5.69 Å². The van der Waals surface area contributed by atoms with Crippen LogP contribution in [0.5, 0.6) is 0 Å². The Morgan fingerprint density at radius 3 is 2.54 bits per heavy atom. The van der Waals surface area contributed by atoms with E-state index >= 15 is 0 Å². The van der Waals surface area contributed by atoms with E-state index in [9.17, 15) is 0 Å². The van der Waals surface area contributed by atoms with Crippen molar-refractivity contribution in [3.05, 3.63) is 11.5 Å². The van der Waals surface area contributed by atoms with E-state index in [1.807, 2.05) is 6.92 Å². The van der Waals surface area contributed by atoms with Crippen molar-refractivity contribution in [1.82, 2.24) is 5.16 Å². The molecule has 1 aliphatic carbocycles. The summed E-state index contributed by atoms with van der Waals surface area (Å²) in [4.78, 5) is 0. The smallest absolute Gasteiger partial charge is 0.156 e. The number of nitrogen functional groups attached to an aromatic ring is 1. The summed E-state index contributed by atoms with van der Waals surface area (Å²) in [7, 11) is 0. The lowest BCUT2D eigenvalue weighted by Gasteiger charge is -2.19. The van der Waals surface area contributed by atoms with Crippen molar-refractivity contribution in [3.8, 4) is 0 Å². The van der Waals surface area contributed by atoms with Crippen molar-refractivity contribution in [2.45, 2.75) is 44.9 Å². The van der Waals surface area contributed by atoms with Crippen LogP contribution in [0.15, 0.2) is 4.52 Å². The van der Waals surface area contributed by atoms with Gasteiger partial charge in [-0.05, 0) is 19.8 Å². The lowest BCUT2D eigenvalue weighted by Crippen LogP contribution is -2.07. The standard InChI is InChI=1S/C10H16N2O/c1-7-9(11)10(12-13-7)8-5-3-2-4-6-8/h8H,2-6,11H2,1H3. The van der Waals surface area contributed by atoms with Crippen molar-refractivity contribution in [3.63, 3.8) is 0 Å². The van der Waals surface area contributed by atoms with Gasteiger partial charge in [-0.2, -0.15) is 0 Å². The molecule has 0 unspecified atom stereocenters. The van der Waals surface area contributed by atoms with E-state index in [1.165, 1.54) is 32.1 Å². The second kappa shape index (κ2) is 3.40. The quantitative estimate of drug-likeness (QED) is 0.722. The molecule has 1 heterocycles. The normalized spacial score (nSPS) is 19.2. The Morgan fingerprint density at radius 1 is 1.31 bits per heavy atom. The fourth-order valence-electron chi connectivity index (χ4n) is 2.07. The first-order chi connectivity index (χ1) is 6.29. The van der Waals surface area contributed by atoms with E-state index in [-0.39, 0.29) is 0 Å². The molecular weight excluding hydrogens is 164 g/mol. The molecule has 0 radical (unpaired) electrons. The third kappa shape index (κ3) is 1.55. The molecular formula is C10H16N2O. The minimum atomic E-state index is 0.547. The number of nitrogens with two attached hydrogens (primary N) is 1. The summed E-state index contributed by atoms with van der Waals surface area (Å²) in [5.41, 5.74) is 7.64. The summed E-state index contributed by atoms with van der Waals surface area (Å²) in [5.74, 6) is 1.31. The molecule has 0 atom stereocenters. The van der Waals surface area contributed by atoms with Crippen LogP contribution < -0.4 is 5.73 Å². The number of anilines is 1. The molecule has 1 aromatic rings. The number of hydrogen-bond acceptors (Lipinski definition) is 3. The number of aromatic nitrogens is 1. The molecule has 0 spiro atoms. The minimum Gasteiger partial charge on any atom is -0.394 e. The molecule has 0 bridgehead atoms. The summed E-state index contributed by atoms with van der Waals surface area (Å²) in [5, 5.41) is 4.04. The predicted octanol–water partition coefficient (Wildman–Crippen LogP) is 2.61. The molecule has 72 valence electrons. The average molecular weight is 180 g/mol. The van der Waals surface area contributed by atoms with Gasteiger partial charge in [-0.15, -0.1) is 0 Å². The fraction of sp³-hybridized carbons (Fsp3) is 0.700. The van der Waals surface area contributed by atoms with E-state index < -0.39 is 0 Å². The van der Waals surface area contributed by atoms with Gasteiger partial charge in [0.1, 0.15) is 5.69 Å². The molecule has 0 amide bonds. The summed E-state index contributed by atoms with van der Waals surface area (Å²) in [6.45, 7) is 1.87. The van der Waals surface area contributed by atoms with Gasteiger partial charge < -0.3 is 10.3 Å². The maximum atomic E-state index is 5.88. The van der Waals surface area contributed by atoms with Gasteiger partial charge in [-0.25, -0.2) is 0 Å². The van der Waals surface area contributed by atoms with E-state index in [2.05, 4.69) is 5.16 Å². The van der Waals surface area contributed by atoms with Crippen molar-refractivity contribution in [2.75, 3.05) is 5.73 Å². The molecule has 3 heteroatoms. The lowest BCUT2D eigenvalue weighted by molar-refractivity contribution is 0.367. The molecule has 1 saturated carbocycles. The van der Waals surface area contributed by atoms with Crippen LogP contribution in [0.1, 0.15) is 49.5 Å². The van der Waals surface area contributed by atoms with Crippen LogP contribution in [0.2, 0.25) is 0 Å². The SMILES string of the molecule is Cc1onc(C2CCCCC2)c1N. The number of aryl methyl sites for hydroxylation is 1. The molecule has 3 nitrogen and oxygen atoms in total. The van der Waals surface area contributed by atoms with Crippen LogP contribution in [0, 0.1) is 6.92 Å². The molecule has 1 fully saturated rings. The topological polar surface area (TPSA) is 52.0 Å². The molecule has 2 rings (SSSR count). The Labute approximate surface area is 78.3 Å². The Morgan fingerprint density at radius 2 is 2.00 bits per heavy atom. The van der Waals surface area contributed by atoms with Crippen molar-refractivity contribution < 1.29 is 4.52 Å². The highest BCUT2D eigenvalue weighted by atomic mass is 16.5. The van der Waals surface area contributed by atoms with Crippen molar-refractivity contribution >= 4 is 5.69 Å². The molecule has 0 aromatic carbocycles. The first kappa shape index (κ1) is 8.60. The maximum absolute atomic E-state index is 5.88. The van der Waals surface area contributed by atoms with Crippen LogP contribution in [-0.2, 0) is 0 Å². The van der Waals surface area contributed by atoms with Gasteiger partial charge in [-0.3, -0.25) is 0 Å². The highest BCUT2D eigenvalue weighted by molar-refractivity contribution is 5.47. The molecule has 0 saturated heterocycles. The molecule has 2 N–H and O–H groups in total. The average Bonchev–Trinajstić information content (AvgIpc) is 2.49. The summed E-state index contributed by atoms with van der Waals surface area (Å²) in [6, 6.07) is 0. The van der Waals surface area contributed by atoms with E-state index in [0.29, 0.717) is 5.92 Å². The molecule has 13 heavy (non-hydrogen) atoms. The van der Waals surface area contributed by atoms with Crippen LogP contribution in [-0.4, -0.2) is 5.16 Å². The summed E-state index contributed by atoms with van der Waals surface area (Å²) < 4.78 is 5.07. The van der Waals surface area contributed by atoms with E-state index in [1.54, 1.807) is 0 Å². The van der Waals surface area contributed by atoms with Gasteiger partial charge in [0.05, 0.1) is 5.69 Å². The zero-order valence-corrected chi connectivity index (χ0v) is 8.05. The number of nitrogens with zero attached hydrogens (tertiary/aromatic N) is 1. The zero-order chi connectivity index (χ0) is 9.26. The van der Waals surface area contributed by atoms with E-state index in [0.717, 1.165) is 17.1 Å². The Kier molecular flexibility index (Phi) is 2.25. The highest BCUT2D eigenvalue weighted by Gasteiger charge is 2.22. The predicted molar refractivity (Wildman–Crippen MR) is 51.5 cm³/mol. The van der Waals surface area contributed by atoms with Crippen molar-refractivity contribution in [1.29, 1.82) is 0 Å². The van der Waals surface area contributed by atoms with E-state index in [4.69, 9.17) is 10.3 Å². The zero-order valence-electron chi connectivity index (χ0n) is 8.05. The van der Waals surface area contributed by atoms with Gasteiger partial charge >= 0.3 is 0 Å². The highest BCUT2D eigenvalue weighted by Crippen LogP contribution is 2.35. The molecule has 0 aliphatic heterocycles. The van der Waals surface area contributed by atoms with Crippen LogP contribution >= 0.6 is 0 Å². The van der Waals surface area contributed by atoms with Crippen molar-refractivity contribution in [2.24, 2.45) is 0 Å². The van der Waals surface area contributed by atoms with Gasteiger partial charge in [0.25, 0.3) is 0 Å². The molecule has 1 aromatic heterocycles. The monoisotopic (exact) mass is 180 g/mol.